The molecule has 0 saturated heterocycles. The lowest BCUT2D eigenvalue weighted by Gasteiger charge is -2.19. The minimum atomic E-state index is -1.10. The Morgan fingerprint density at radius 3 is 2.63 bits per heavy atom. The van der Waals surface area contributed by atoms with Crippen LogP contribution < -0.4 is 11.1 Å². The van der Waals surface area contributed by atoms with E-state index in [0.717, 1.165) is 6.42 Å². The Kier molecular flexibility index (Phi) is 5.50. The van der Waals surface area contributed by atoms with Gasteiger partial charge in [-0.3, -0.25) is 4.79 Å². The first-order chi connectivity index (χ1) is 8.88. The molecule has 0 fully saturated rings. The van der Waals surface area contributed by atoms with Crippen molar-refractivity contribution in [2.45, 2.75) is 26.3 Å². The van der Waals surface area contributed by atoms with Gasteiger partial charge in [0.2, 0.25) is 5.91 Å². The molecule has 0 spiro atoms. The maximum atomic E-state index is 12.0. The zero-order valence-electron chi connectivity index (χ0n) is 10.8. The number of rotatable bonds is 5. The third-order valence-corrected chi connectivity index (χ3v) is 3.71. The average Bonchev–Trinajstić information content (AvgIpc) is 2.38. The Morgan fingerprint density at radius 2 is 2.11 bits per heavy atom. The van der Waals surface area contributed by atoms with Crippen LogP contribution in [0.15, 0.2) is 22.7 Å². The fraction of sp³-hybridized carbons (Fsp3) is 0.385. The number of para-hydroxylation sites is 1. The summed E-state index contributed by atoms with van der Waals surface area (Å²) in [7, 11) is 0. The van der Waals surface area contributed by atoms with Gasteiger partial charge in [0, 0.05) is 4.47 Å². The molecule has 0 bridgehead atoms. The van der Waals surface area contributed by atoms with E-state index in [0.29, 0.717) is 4.47 Å². The maximum absolute atomic E-state index is 12.0. The molecule has 0 aliphatic carbocycles. The number of carbonyl (C=O) groups excluding carboxylic acids is 1. The molecule has 0 aliphatic rings. The third kappa shape index (κ3) is 3.78. The monoisotopic (exact) mass is 328 g/mol. The zero-order valence-corrected chi connectivity index (χ0v) is 12.4. The zero-order chi connectivity index (χ0) is 14.6. The summed E-state index contributed by atoms with van der Waals surface area (Å²) in [6, 6.07) is 4.02. The van der Waals surface area contributed by atoms with E-state index in [-0.39, 0.29) is 23.1 Å². The van der Waals surface area contributed by atoms with Gasteiger partial charge in [-0.15, -0.1) is 0 Å². The highest BCUT2D eigenvalue weighted by Crippen LogP contribution is 2.27. The molecule has 2 atom stereocenters. The van der Waals surface area contributed by atoms with Crippen molar-refractivity contribution in [3.8, 4) is 0 Å². The second kappa shape index (κ2) is 6.68. The Balaban J connectivity index is 2.99. The van der Waals surface area contributed by atoms with Gasteiger partial charge in [0.1, 0.15) is 0 Å². The minimum Gasteiger partial charge on any atom is -0.478 e. The van der Waals surface area contributed by atoms with Gasteiger partial charge in [0.05, 0.1) is 17.3 Å². The van der Waals surface area contributed by atoms with E-state index in [1.807, 2.05) is 13.8 Å². The first-order valence-electron chi connectivity index (χ1n) is 5.96. The summed E-state index contributed by atoms with van der Waals surface area (Å²) in [6.45, 7) is 3.82. The van der Waals surface area contributed by atoms with Crippen LogP contribution in [0, 0.1) is 5.92 Å². The Morgan fingerprint density at radius 1 is 1.47 bits per heavy atom. The molecular weight excluding hydrogens is 312 g/mol. The predicted molar refractivity (Wildman–Crippen MR) is 77.2 cm³/mol. The lowest BCUT2D eigenvalue weighted by atomic mass is 9.99. The SMILES string of the molecule is CCC(C)C(N)C(=O)Nc1c(Br)cccc1C(=O)O. The number of anilines is 1. The first kappa shape index (κ1) is 15.7. The third-order valence-electron chi connectivity index (χ3n) is 3.05. The van der Waals surface area contributed by atoms with Crippen molar-refractivity contribution in [3.63, 3.8) is 0 Å². The van der Waals surface area contributed by atoms with E-state index >= 15 is 0 Å². The molecule has 1 aromatic carbocycles. The molecule has 104 valence electrons. The van der Waals surface area contributed by atoms with Crippen LogP contribution in [0.4, 0.5) is 5.69 Å². The van der Waals surface area contributed by atoms with E-state index in [2.05, 4.69) is 21.2 Å². The fourth-order valence-corrected chi connectivity index (χ4v) is 2.01. The lowest BCUT2D eigenvalue weighted by molar-refractivity contribution is -0.118. The molecular formula is C13H17BrN2O3. The number of aromatic carboxylic acids is 1. The average molecular weight is 329 g/mol. The summed E-state index contributed by atoms with van der Waals surface area (Å²) in [5.41, 5.74) is 6.08. The van der Waals surface area contributed by atoms with Crippen molar-refractivity contribution in [3.05, 3.63) is 28.2 Å². The number of benzene rings is 1. The molecule has 4 N–H and O–H groups in total. The van der Waals surface area contributed by atoms with Gasteiger partial charge in [0.25, 0.3) is 0 Å². The van der Waals surface area contributed by atoms with E-state index in [1.54, 1.807) is 12.1 Å². The normalized spacial score (nSPS) is 13.7. The van der Waals surface area contributed by atoms with Crippen LogP contribution in [0.25, 0.3) is 0 Å². The number of amides is 1. The lowest BCUT2D eigenvalue weighted by Crippen LogP contribution is -2.41. The number of hydrogen-bond acceptors (Lipinski definition) is 3. The van der Waals surface area contributed by atoms with Crippen LogP contribution in [-0.2, 0) is 4.79 Å². The van der Waals surface area contributed by atoms with Gasteiger partial charge < -0.3 is 16.2 Å². The molecule has 6 heteroatoms. The number of carboxylic acids is 1. The second-order valence-corrected chi connectivity index (χ2v) is 5.22. The summed E-state index contributed by atoms with van der Waals surface area (Å²) in [5.74, 6) is -1.46. The molecule has 0 saturated carbocycles. The van der Waals surface area contributed by atoms with Crippen LogP contribution in [0.5, 0.6) is 0 Å². The Labute approximate surface area is 120 Å². The highest BCUT2D eigenvalue weighted by atomic mass is 79.9. The molecule has 1 aromatic rings. The number of carbonyl (C=O) groups is 2. The van der Waals surface area contributed by atoms with Gasteiger partial charge in [-0.25, -0.2) is 4.79 Å². The van der Waals surface area contributed by atoms with Crippen molar-refractivity contribution < 1.29 is 14.7 Å². The number of halogens is 1. The van der Waals surface area contributed by atoms with Crippen molar-refractivity contribution in [1.29, 1.82) is 0 Å². The molecule has 19 heavy (non-hydrogen) atoms. The summed E-state index contributed by atoms with van der Waals surface area (Å²) in [6.07, 6.45) is 0.774. The van der Waals surface area contributed by atoms with Crippen LogP contribution in [-0.4, -0.2) is 23.0 Å². The molecule has 2 unspecified atom stereocenters. The van der Waals surface area contributed by atoms with Crippen molar-refractivity contribution in [1.82, 2.24) is 0 Å². The summed E-state index contributed by atoms with van der Waals surface area (Å²) >= 11 is 3.23. The number of nitrogens with two attached hydrogens (primary N) is 1. The minimum absolute atomic E-state index is 0.0239. The fourth-order valence-electron chi connectivity index (χ4n) is 1.55. The number of hydrogen-bond donors (Lipinski definition) is 3. The molecule has 1 amide bonds. The van der Waals surface area contributed by atoms with Gasteiger partial charge in [-0.2, -0.15) is 0 Å². The van der Waals surface area contributed by atoms with E-state index in [1.165, 1.54) is 6.07 Å². The van der Waals surface area contributed by atoms with Gasteiger partial charge in [-0.05, 0) is 34.0 Å². The van der Waals surface area contributed by atoms with Crippen molar-refractivity contribution >= 4 is 33.5 Å². The van der Waals surface area contributed by atoms with E-state index in [9.17, 15) is 9.59 Å². The summed E-state index contributed by atoms with van der Waals surface area (Å²) < 4.78 is 0.511. The maximum Gasteiger partial charge on any atom is 0.337 e. The van der Waals surface area contributed by atoms with Crippen LogP contribution in [0.1, 0.15) is 30.6 Å². The van der Waals surface area contributed by atoms with Crippen molar-refractivity contribution in [2.24, 2.45) is 11.7 Å². The number of nitrogens with one attached hydrogen (secondary N) is 1. The van der Waals surface area contributed by atoms with Gasteiger partial charge >= 0.3 is 5.97 Å². The summed E-state index contributed by atoms with van der Waals surface area (Å²) in [4.78, 5) is 23.1. The highest BCUT2D eigenvalue weighted by molar-refractivity contribution is 9.10. The number of carboxylic acid groups (broad SMARTS) is 1. The smallest absolute Gasteiger partial charge is 0.337 e. The predicted octanol–water partition coefficient (Wildman–Crippen LogP) is 2.46. The van der Waals surface area contributed by atoms with Gasteiger partial charge in [-0.1, -0.05) is 26.3 Å². The van der Waals surface area contributed by atoms with Crippen LogP contribution in [0.2, 0.25) is 0 Å². The van der Waals surface area contributed by atoms with Crippen LogP contribution >= 0.6 is 15.9 Å². The van der Waals surface area contributed by atoms with E-state index < -0.39 is 12.0 Å². The topological polar surface area (TPSA) is 92.4 Å². The highest BCUT2D eigenvalue weighted by Gasteiger charge is 2.22. The first-order valence-corrected chi connectivity index (χ1v) is 6.76. The summed E-state index contributed by atoms with van der Waals surface area (Å²) in [5, 5.41) is 11.7. The standard InChI is InChI=1S/C13H17BrN2O3/c1-3-7(2)10(15)12(17)16-11-8(13(18)19)5-4-6-9(11)14/h4-7,10H,3,15H2,1-2H3,(H,16,17)(H,18,19). The second-order valence-electron chi connectivity index (χ2n) is 4.37. The van der Waals surface area contributed by atoms with Crippen molar-refractivity contribution in [2.75, 3.05) is 5.32 Å². The van der Waals surface area contributed by atoms with Crippen LogP contribution in [0.3, 0.4) is 0 Å². The molecule has 5 nitrogen and oxygen atoms in total. The molecule has 0 aliphatic heterocycles. The molecule has 1 rings (SSSR count). The molecule has 0 heterocycles. The Hall–Kier alpha value is -1.40. The molecule has 0 radical (unpaired) electrons. The quantitative estimate of drug-likeness (QED) is 0.774. The molecule has 0 aromatic heterocycles. The van der Waals surface area contributed by atoms with E-state index in [4.69, 9.17) is 10.8 Å². The van der Waals surface area contributed by atoms with Gasteiger partial charge in [0.15, 0.2) is 0 Å². The Bertz CT molecular complexity index is 491. The largest absolute Gasteiger partial charge is 0.478 e.